The Kier molecular flexibility index (Phi) is 2.64. The second-order valence-electron chi connectivity index (χ2n) is 3.08. The fraction of sp³-hybridized carbons (Fsp3) is 0.364. The van der Waals surface area contributed by atoms with Gasteiger partial charge in [-0.2, -0.15) is 0 Å². The molecule has 0 unspecified atom stereocenters. The lowest BCUT2D eigenvalue weighted by Crippen LogP contribution is -1.97. The first-order valence-electron chi connectivity index (χ1n) is 4.25. The standard InChI is InChI=1S/C11H14O/c1-4-11(12)10-6-5-8(2)9(3)7-10/h5-7H,4H2,1-3H3. The van der Waals surface area contributed by atoms with Gasteiger partial charge in [-0.15, -0.1) is 0 Å². The molecule has 0 aliphatic carbocycles. The second-order valence-corrected chi connectivity index (χ2v) is 3.08. The fourth-order valence-corrected chi connectivity index (χ4v) is 1.12. The molecule has 0 aliphatic heterocycles. The van der Waals surface area contributed by atoms with E-state index in [-0.39, 0.29) is 5.78 Å². The maximum Gasteiger partial charge on any atom is 0.162 e. The van der Waals surface area contributed by atoms with Crippen LogP contribution in [0.15, 0.2) is 18.2 Å². The van der Waals surface area contributed by atoms with Gasteiger partial charge in [0.15, 0.2) is 5.78 Å². The Morgan fingerprint density at radius 3 is 2.42 bits per heavy atom. The number of carbonyl (C=O) groups is 1. The van der Waals surface area contributed by atoms with Gasteiger partial charge in [0.25, 0.3) is 0 Å². The first-order chi connectivity index (χ1) is 5.65. The zero-order valence-electron chi connectivity index (χ0n) is 7.85. The smallest absolute Gasteiger partial charge is 0.162 e. The molecule has 1 aromatic carbocycles. The van der Waals surface area contributed by atoms with Crippen LogP contribution in [0.4, 0.5) is 0 Å². The van der Waals surface area contributed by atoms with Crippen LogP contribution < -0.4 is 0 Å². The van der Waals surface area contributed by atoms with Crippen LogP contribution in [0.3, 0.4) is 0 Å². The van der Waals surface area contributed by atoms with E-state index in [4.69, 9.17) is 0 Å². The molecule has 0 aliphatic rings. The summed E-state index contributed by atoms with van der Waals surface area (Å²) in [6.45, 7) is 5.97. The second kappa shape index (κ2) is 3.53. The van der Waals surface area contributed by atoms with E-state index in [0.717, 1.165) is 5.56 Å². The van der Waals surface area contributed by atoms with E-state index in [1.54, 1.807) is 0 Å². The monoisotopic (exact) mass is 162 g/mol. The van der Waals surface area contributed by atoms with Crippen molar-refractivity contribution in [1.29, 1.82) is 0 Å². The summed E-state index contributed by atoms with van der Waals surface area (Å²) < 4.78 is 0. The molecule has 64 valence electrons. The highest BCUT2D eigenvalue weighted by atomic mass is 16.1. The van der Waals surface area contributed by atoms with Gasteiger partial charge >= 0.3 is 0 Å². The van der Waals surface area contributed by atoms with Gasteiger partial charge in [0.2, 0.25) is 0 Å². The quantitative estimate of drug-likeness (QED) is 0.611. The van der Waals surface area contributed by atoms with Crippen molar-refractivity contribution in [1.82, 2.24) is 0 Å². The third kappa shape index (κ3) is 1.73. The van der Waals surface area contributed by atoms with Crippen molar-refractivity contribution in [2.24, 2.45) is 0 Å². The lowest BCUT2D eigenvalue weighted by atomic mass is 10.0. The fourth-order valence-electron chi connectivity index (χ4n) is 1.12. The van der Waals surface area contributed by atoms with E-state index >= 15 is 0 Å². The number of hydrogen-bond acceptors (Lipinski definition) is 1. The van der Waals surface area contributed by atoms with E-state index in [1.807, 2.05) is 32.0 Å². The van der Waals surface area contributed by atoms with Crippen LogP contribution in [0.5, 0.6) is 0 Å². The van der Waals surface area contributed by atoms with Crippen molar-refractivity contribution in [2.45, 2.75) is 27.2 Å². The lowest BCUT2D eigenvalue weighted by Gasteiger charge is -2.02. The van der Waals surface area contributed by atoms with Crippen LogP contribution in [0.25, 0.3) is 0 Å². The molecule has 0 saturated heterocycles. The zero-order valence-corrected chi connectivity index (χ0v) is 7.85. The summed E-state index contributed by atoms with van der Waals surface area (Å²) in [4.78, 5) is 11.3. The number of hydrogen-bond donors (Lipinski definition) is 0. The van der Waals surface area contributed by atoms with Crippen LogP contribution >= 0.6 is 0 Å². The number of Topliss-reactive ketones (excluding diaryl/α,β-unsaturated/α-hetero) is 1. The molecule has 1 rings (SSSR count). The molecule has 1 aromatic rings. The predicted octanol–water partition coefficient (Wildman–Crippen LogP) is 2.90. The molecule has 0 heterocycles. The molecule has 0 spiro atoms. The maximum atomic E-state index is 11.3. The van der Waals surface area contributed by atoms with Crippen LogP contribution in [0, 0.1) is 13.8 Å². The van der Waals surface area contributed by atoms with Crippen molar-refractivity contribution in [2.75, 3.05) is 0 Å². The van der Waals surface area contributed by atoms with Crippen molar-refractivity contribution >= 4 is 5.78 Å². The summed E-state index contributed by atoms with van der Waals surface area (Å²) >= 11 is 0. The predicted molar refractivity (Wildman–Crippen MR) is 50.5 cm³/mol. The Bertz CT molecular complexity index is 300. The van der Waals surface area contributed by atoms with E-state index in [2.05, 4.69) is 6.92 Å². The molecule has 0 radical (unpaired) electrons. The first-order valence-corrected chi connectivity index (χ1v) is 4.25. The van der Waals surface area contributed by atoms with Crippen LogP contribution in [-0.4, -0.2) is 5.78 Å². The minimum Gasteiger partial charge on any atom is -0.294 e. The van der Waals surface area contributed by atoms with Gasteiger partial charge in [-0.05, 0) is 31.0 Å². The number of carbonyl (C=O) groups excluding carboxylic acids is 1. The van der Waals surface area contributed by atoms with Crippen molar-refractivity contribution in [3.05, 3.63) is 34.9 Å². The Balaban J connectivity index is 3.05. The third-order valence-electron chi connectivity index (χ3n) is 2.15. The summed E-state index contributed by atoms with van der Waals surface area (Å²) in [5, 5.41) is 0. The number of ketones is 1. The van der Waals surface area contributed by atoms with Crippen molar-refractivity contribution in [3.63, 3.8) is 0 Å². The zero-order chi connectivity index (χ0) is 9.14. The van der Waals surface area contributed by atoms with E-state index in [1.165, 1.54) is 11.1 Å². The molecule has 0 N–H and O–H groups in total. The summed E-state index contributed by atoms with van der Waals surface area (Å²) in [7, 11) is 0. The summed E-state index contributed by atoms with van der Waals surface area (Å²) in [6, 6.07) is 5.85. The molecular weight excluding hydrogens is 148 g/mol. The highest BCUT2D eigenvalue weighted by Crippen LogP contribution is 2.11. The molecule has 1 heteroatoms. The van der Waals surface area contributed by atoms with E-state index < -0.39 is 0 Å². The third-order valence-corrected chi connectivity index (χ3v) is 2.15. The topological polar surface area (TPSA) is 17.1 Å². The van der Waals surface area contributed by atoms with E-state index in [9.17, 15) is 4.79 Å². The first kappa shape index (κ1) is 8.98. The van der Waals surface area contributed by atoms with Gasteiger partial charge in [-0.3, -0.25) is 4.79 Å². The molecule has 0 saturated carbocycles. The van der Waals surface area contributed by atoms with Crippen molar-refractivity contribution in [3.8, 4) is 0 Å². The van der Waals surface area contributed by atoms with Gasteiger partial charge < -0.3 is 0 Å². The Hall–Kier alpha value is -1.11. The molecule has 12 heavy (non-hydrogen) atoms. The van der Waals surface area contributed by atoms with Gasteiger partial charge in [0.1, 0.15) is 0 Å². The van der Waals surface area contributed by atoms with Crippen LogP contribution in [0.2, 0.25) is 0 Å². The number of aryl methyl sites for hydroxylation is 2. The largest absolute Gasteiger partial charge is 0.294 e. The molecule has 1 nitrogen and oxygen atoms in total. The molecular formula is C11H14O. The minimum absolute atomic E-state index is 0.220. The normalized spacial score (nSPS) is 9.92. The lowest BCUT2D eigenvalue weighted by molar-refractivity contribution is 0.0988. The average molecular weight is 162 g/mol. The molecule has 0 bridgehead atoms. The average Bonchev–Trinajstić information content (AvgIpc) is 2.08. The minimum atomic E-state index is 0.220. The highest BCUT2D eigenvalue weighted by molar-refractivity contribution is 5.96. The Labute approximate surface area is 73.4 Å². The van der Waals surface area contributed by atoms with Gasteiger partial charge in [-0.1, -0.05) is 19.1 Å². The van der Waals surface area contributed by atoms with Gasteiger partial charge in [0.05, 0.1) is 0 Å². The number of benzene rings is 1. The van der Waals surface area contributed by atoms with E-state index in [0.29, 0.717) is 6.42 Å². The highest BCUT2D eigenvalue weighted by Gasteiger charge is 2.02. The molecule has 0 aromatic heterocycles. The van der Waals surface area contributed by atoms with Crippen LogP contribution in [0.1, 0.15) is 34.8 Å². The van der Waals surface area contributed by atoms with Crippen molar-refractivity contribution < 1.29 is 4.79 Å². The SMILES string of the molecule is CCC(=O)c1ccc(C)c(C)c1. The maximum absolute atomic E-state index is 11.3. The summed E-state index contributed by atoms with van der Waals surface area (Å²) in [6.07, 6.45) is 0.586. The Morgan fingerprint density at radius 2 is 1.92 bits per heavy atom. The number of rotatable bonds is 2. The van der Waals surface area contributed by atoms with Gasteiger partial charge in [0, 0.05) is 12.0 Å². The van der Waals surface area contributed by atoms with Crippen LogP contribution in [-0.2, 0) is 0 Å². The summed E-state index contributed by atoms with van der Waals surface area (Å²) in [5.41, 5.74) is 3.26. The Morgan fingerprint density at radius 1 is 1.25 bits per heavy atom. The van der Waals surface area contributed by atoms with Gasteiger partial charge in [-0.25, -0.2) is 0 Å². The molecule has 0 fully saturated rings. The summed E-state index contributed by atoms with van der Waals surface area (Å²) in [5.74, 6) is 0.220. The molecule has 0 atom stereocenters. The molecule has 0 amide bonds.